The molecule has 0 bridgehead atoms. The minimum atomic E-state index is -0.531. The second-order valence-electron chi connectivity index (χ2n) is 4.56. The quantitative estimate of drug-likeness (QED) is 0.303. The van der Waals surface area contributed by atoms with Crippen molar-refractivity contribution in [3.63, 3.8) is 0 Å². The first kappa shape index (κ1) is 14.9. The molecule has 0 unspecified atom stereocenters. The average molecular weight is 326 g/mol. The first-order chi connectivity index (χ1) is 11.1. The molecule has 0 saturated heterocycles. The van der Waals surface area contributed by atoms with Crippen molar-refractivity contribution >= 4 is 28.9 Å². The molecule has 114 valence electrons. The van der Waals surface area contributed by atoms with Crippen LogP contribution in [0, 0.1) is 10.1 Å². The van der Waals surface area contributed by atoms with Gasteiger partial charge in [-0.05, 0) is 24.3 Å². The van der Waals surface area contributed by atoms with Crippen molar-refractivity contribution in [1.29, 1.82) is 0 Å². The summed E-state index contributed by atoms with van der Waals surface area (Å²) in [6, 6.07) is 9.20. The van der Waals surface area contributed by atoms with Crippen molar-refractivity contribution in [3.05, 3.63) is 75.5 Å². The summed E-state index contributed by atoms with van der Waals surface area (Å²) < 4.78 is 5.26. The fourth-order valence-corrected chi connectivity index (χ4v) is 2.66. The topological polar surface area (TPSA) is 86.2 Å². The predicted octanol–water partition coefficient (Wildman–Crippen LogP) is 4.21. The number of benzene rings is 1. The Labute approximate surface area is 134 Å². The molecule has 7 heteroatoms. The summed E-state index contributed by atoms with van der Waals surface area (Å²) in [5.74, 6) is 0.348. The average Bonchev–Trinajstić information content (AvgIpc) is 3.23. The number of carbonyl (C=O) groups is 1. The number of hydrogen-bond donors (Lipinski definition) is 0. The van der Waals surface area contributed by atoms with Crippen LogP contribution in [0.3, 0.4) is 0 Å². The van der Waals surface area contributed by atoms with Crippen molar-refractivity contribution in [2.24, 2.45) is 0 Å². The molecule has 0 radical (unpaired) electrons. The van der Waals surface area contributed by atoms with Crippen LogP contribution < -0.4 is 0 Å². The molecule has 0 N–H and O–H groups in total. The van der Waals surface area contributed by atoms with Crippen LogP contribution in [0.15, 0.2) is 58.5 Å². The molecular formula is C16H10N2O4S. The SMILES string of the molecule is O=C(C=Cc1csc(-c2ccco2)n1)c1cccc([N+](=O)[O-])c1. The minimum Gasteiger partial charge on any atom is -0.462 e. The number of allylic oxidation sites excluding steroid dienone is 1. The molecule has 0 spiro atoms. The molecule has 23 heavy (non-hydrogen) atoms. The number of ketones is 1. The summed E-state index contributed by atoms with van der Waals surface area (Å²) in [6.45, 7) is 0. The molecule has 1 aromatic carbocycles. The van der Waals surface area contributed by atoms with Gasteiger partial charge in [-0.1, -0.05) is 12.1 Å². The van der Waals surface area contributed by atoms with Crippen LogP contribution in [0.5, 0.6) is 0 Å². The van der Waals surface area contributed by atoms with E-state index in [1.54, 1.807) is 29.9 Å². The molecule has 3 aromatic rings. The van der Waals surface area contributed by atoms with Gasteiger partial charge < -0.3 is 4.42 Å². The van der Waals surface area contributed by atoms with Crippen molar-refractivity contribution in [2.75, 3.05) is 0 Å². The standard InChI is InChI=1S/C16H10N2O4S/c19-14(11-3-1-4-13(9-11)18(20)21)7-6-12-10-23-16(17-12)15-5-2-8-22-15/h1-10H. The van der Waals surface area contributed by atoms with Crippen LogP contribution in [0.2, 0.25) is 0 Å². The largest absolute Gasteiger partial charge is 0.462 e. The van der Waals surface area contributed by atoms with Crippen molar-refractivity contribution in [1.82, 2.24) is 4.98 Å². The van der Waals surface area contributed by atoms with Crippen LogP contribution in [0.4, 0.5) is 5.69 Å². The van der Waals surface area contributed by atoms with Crippen molar-refractivity contribution in [3.8, 4) is 10.8 Å². The lowest BCUT2D eigenvalue weighted by atomic mass is 10.1. The highest BCUT2D eigenvalue weighted by atomic mass is 32.1. The molecule has 2 aromatic heterocycles. The summed E-state index contributed by atoms with van der Waals surface area (Å²) in [7, 11) is 0. The Balaban J connectivity index is 1.76. The number of non-ortho nitro benzene ring substituents is 1. The van der Waals surface area contributed by atoms with E-state index in [9.17, 15) is 14.9 Å². The Morgan fingerprint density at radius 3 is 2.91 bits per heavy atom. The number of nitro benzene ring substituents is 1. The van der Waals surface area contributed by atoms with E-state index < -0.39 is 4.92 Å². The maximum atomic E-state index is 12.1. The van der Waals surface area contributed by atoms with Gasteiger partial charge >= 0.3 is 0 Å². The van der Waals surface area contributed by atoms with Gasteiger partial charge in [0.25, 0.3) is 5.69 Å². The Kier molecular flexibility index (Phi) is 4.11. The van der Waals surface area contributed by atoms with Gasteiger partial charge in [-0.15, -0.1) is 11.3 Å². The molecule has 0 fully saturated rings. The first-order valence-electron chi connectivity index (χ1n) is 6.60. The van der Waals surface area contributed by atoms with Gasteiger partial charge in [0.05, 0.1) is 16.9 Å². The van der Waals surface area contributed by atoms with E-state index >= 15 is 0 Å². The summed E-state index contributed by atoms with van der Waals surface area (Å²) in [5.41, 5.74) is 0.773. The van der Waals surface area contributed by atoms with Gasteiger partial charge in [0.1, 0.15) is 0 Å². The van der Waals surface area contributed by atoms with E-state index in [4.69, 9.17) is 4.42 Å². The Morgan fingerprint density at radius 1 is 1.30 bits per heavy atom. The zero-order valence-corrected chi connectivity index (χ0v) is 12.5. The zero-order chi connectivity index (χ0) is 16.2. The predicted molar refractivity (Wildman–Crippen MR) is 86.3 cm³/mol. The third kappa shape index (κ3) is 3.41. The van der Waals surface area contributed by atoms with E-state index in [1.165, 1.54) is 41.7 Å². The van der Waals surface area contributed by atoms with Gasteiger partial charge in [-0.2, -0.15) is 0 Å². The van der Waals surface area contributed by atoms with Gasteiger partial charge in [-0.25, -0.2) is 4.98 Å². The Hall–Kier alpha value is -3.06. The Bertz CT molecular complexity index is 881. The number of carbonyl (C=O) groups excluding carboxylic acids is 1. The van der Waals surface area contributed by atoms with Crippen LogP contribution in [-0.4, -0.2) is 15.7 Å². The highest BCUT2D eigenvalue weighted by Crippen LogP contribution is 2.24. The molecule has 0 amide bonds. The smallest absolute Gasteiger partial charge is 0.270 e. The summed E-state index contributed by atoms with van der Waals surface area (Å²) in [6.07, 6.45) is 4.49. The summed E-state index contributed by atoms with van der Waals surface area (Å²) in [5, 5.41) is 13.2. The second kappa shape index (κ2) is 6.37. The van der Waals surface area contributed by atoms with Crippen LogP contribution in [-0.2, 0) is 0 Å². The normalized spacial score (nSPS) is 11.0. The highest BCUT2D eigenvalue weighted by molar-refractivity contribution is 7.13. The number of hydrogen-bond acceptors (Lipinski definition) is 6. The second-order valence-corrected chi connectivity index (χ2v) is 5.42. The van der Waals surface area contributed by atoms with E-state index in [-0.39, 0.29) is 17.0 Å². The zero-order valence-electron chi connectivity index (χ0n) is 11.7. The van der Waals surface area contributed by atoms with Gasteiger partial charge in [0, 0.05) is 23.1 Å². The summed E-state index contributed by atoms with van der Waals surface area (Å²) in [4.78, 5) is 26.6. The molecule has 0 saturated carbocycles. The molecule has 3 rings (SSSR count). The number of aromatic nitrogens is 1. The van der Waals surface area contributed by atoms with E-state index in [1.807, 2.05) is 0 Å². The lowest BCUT2D eigenvalue weighted by Crippen LogP contribution is -1.96. The third-order valence-electron chi connectivity index (χ3n) is 3.00. The lowest BCUT2D eigenvalue weighted by Gasteiger charge is -1.95. The van der Waals surface area contributed by atoms with Gasteiger partial charge in [0.15, 0.2) is 16.6 Å². The van der Waals surface area contributed by atoms with E-state index in [0.717, 1.165) is 5.01 Å². The fraction of sp³-hybridized carbons (Fsp3) is 0. The van der Waals surface area contributed by atoms with E-state index in [2.05, 4.69) is 4.98 Å². The number of thiazole rings is 1. The number of furan rings is 1. The molecule has 0 aliphatic heterocycles. The fourth-order valence-electron chi connectivity index (χ4n) is 1.91. The molecule has 6 nitrogen and oxygen atoms in total. The van der Waals surface area contributed by atoms with Crippen LogP contribution in [0.25, 0.3) is 16.8 Å². The highest BCUT2D eigenvalue weighted by Gasteiger charge is 2.10. The lowest BCUT2D eigenvalue weighted by molar-refractivity contribution is -0.384. The summed E-state index contributed by atoms with van der Waals surface area (Å²) >= 11 is 1.40. The Morgan fingerprint density at radius 2 is 2.17 bits per heavy atom. The number of nitro groups is 1. The maximum Gasteiger partial charge on any atom is 0.270 e. The minimum absolute atomic E-state index is 0.113. The van der Waals surface area contributed by atoms with Gasteiger partial charge in [-0.3, -0.25) is 14.9 Å². The molecule has 0 aliphatic rings. The van der Waals surface area contributed by atoms with Crippen molar-refractivity contribution in [2.45, 2.75) is 0 Å². The monoisotopic (exact) mass is 326 g/mol. The first-order valence-corrected chi connectivity index (χ1v) is 7.48. The van der Waals surface area contributed by atoms with Gasteiger partial charge in [0.2, 0.25) is 0 Å². The molecule has 0 atom stereocenters. The molecular weight excluding hydrogens is 316 g/mol. The molecule has 2 heterocycles. The third-order valence-corrected chi connectivity index (χ3v) is 3.88. The van der Waals surface area contributed by atoms with Crippen LogP contribution in [0.1, 0.15) is 16.1 Å². The maximum absolute atomic E-state index is 12.1. The van der Waals surface area contributed by atoms with Crippen molar-refractivity contribution < 1.29 is 14.1 Å². The van der Waals surface area contributed by atoms with E-state index in [0.29, 0.717) is 11.5 Å². The number of rotatable bonds is 5. The number of nitrogens with zero attached hydrogens (tertiary/aromatic N) is 2. The molecule has 0 aliphatic carbocycles. The van der Waals surface area contributed by atoms with Crippen LogP contribution >= 0.6 is 11.3 Å².